The Morgan fingerprint density at radius 2 is 1.76 bits per heavy atom. The van der Waals surface area contributed by atoms with Crippen molar-refractivity contribution in [3.63, 3.8) is 0 Å². The zero-order chi connectivity index (χ0) is 24.9. The summed E-state index contributed by atoms with van der Waals surface area (Å²) >= 11 is 0. The molecule has 0 aromatic heterocycles. The molecule has 3 aromatic rings. The van der Waals surface area contributed by atoms with Crippen LogP contribution in [-0.4, -0.2) is 28.5 Å². The highest BCUT2D eigenvalue weighted by Gasteiger charge is 2.20. The van der Waals surface area contributed by atoms with Crippen molar-refractivity contribution >= 4 is 33.4 Å². The quantitative estimate of drug-likeness (QED) is 0.456. The number of amides is 1. The zero-order valence-electron chi connectivity index (χ0n) is 19.2. The molecule has 0 aliphatic rings. The summed E-state index contributed by atoms with van der Waals surface area (Å²) in [6.07, 6.45) is 3.59. The lowest BCUT2D eigenvalue weighted by Gasteiger charge is -2.15. The summed E-state index contributed by atoms with van der Waals surface area (Å²) in [5, 5.41) is 2.71. The Kier molecular flexibility index (Phi) is 7.57. The first-order valence-electron chi connectivity index (χ1n) is 10.3. The second-order valence-corrected chi connectivity index (χ2v) is 8.97. The van der Waals surface area contributed by atoms with E-state index in [-0.39, 0.29) is 16.3 Å². The van der Waals surface area contributed by atoms with Crippen molar-refractivity contribution in [2.75, 3.05) is 24.3 Å². The Balaban J connectivity index is 1.93. The smallest absolute Gasteiger partial charge is 0.262 e. The molecule has 0 spiro atoms. The Morgan fingerprint density at radius 3 is 2.41 bits per heavy atom. The fraction of sp³-hybridized carbons (Fsp3) is 0.160. The van der Waals surface area contributed by atoms with Gasteiger partial charge in [0.25, 0.3) is 15.9 Å². The number of carbonyl (C=O) groups is 1. The van der Waals surface area contributed by atoms with Crippen molar-refractivity contribution in [3.8, 4) is 11.5 Å². The van der Waals surface area contributed by atoms with Gasteiger partial charge in [-0.2, -0.15) is 0 Å². The minimum atomic E-state index is -4.11. The largest absolute Gasteiger partial charge is 0.493 e. The highest BCUT2D eigenvalue weighted by Crippen LogP contribution is 2.34. The standard InChI is InChI=1S/C25H25FN2O5S/c1-5-8-17-13-18(14-22(32-3)24(17)33-4)25(29)27-19-12-11-16(2)23(15-19)34(30,31)28-21-10-7-6-9-20(21)26/h5-15,28H,1-4H3,(H,27,29)/b8-5+. The SMILES string of the molecule is C/C=C/c1cc(C(=O)Nc2ccc(C)c(S(=O)(=O)Nc3ccccc3F)c2)cc(OC)c1OC. The minimum absolute atomic E-state index is 0.0875. The molecule has 0 heterocycles. The fourth-order valence-corrected chi connectivity index (χ4v) is 4.68. The van der Waals surface area contributed by atoms with Crippen LogP contribution in [0.4, 0.5) is 15.8 Å². The molecule has 3 aromatic carbocycles. The van der Waals surface area contributed by atoms with Gasteiger partial charge in [0.1, 0.15) is 5.82 Å². The lowest BCUT2D eigenvalue weighted by molar-refractivity contribution is 0.102. The van der Waals surface area contributed by atoms with Crippen molar-refractivity contribution in [1.29, 1.82) is 0 Å². The van der Waals surface area contributed by atoms with Crippen LogP contribution in [0.3, 0.4) is 0 Å². The van der Waals surface area contributed by atoms with E-state index in [1.807, 2.05) is 6.92 Å². The molecule has 0 bridgehead atoms. The molecule has 7 nitrogen and oxygen atoms in total. The number of aryl methyl sites for hydroxylation is 1. The van der Waals surface area contributed by atoms with Crippen molar-refractivity contribution in [2.45, 2.75) is 18.7 Å². The number of anilines is 2. The number of halogens is 1. The highest BCUT2D eigenvalue weighted by atomic mass is 32.2. The maximum absolute atomic E-state index is 14.0. The Hall–Kier alpha value is -3.85. The molecule has 2 N–H and O–H groups in total. The molecule has 0 aliphatic heterocycles. The predicted molar refractivity (Wildman–Crippen MR) is 131 cm³/mol. The molecule has 0 fully saturated rings. The number of para-hydroxylation sites is 1. The molecule has 0 saturated carbocycles. The minimum Gasteiger partial charge on any atom is -0.493 e. The highest BCUT2D eigenvalue weighted by molar-refractivity contribution is 7.92. The first-order chi connectivity index (χ1) is 16.2. The van der Waals surface area contributed by atoms with E-state index in [2.05, 4.69) is 10.0 Å². The first-order valence-corrected chi connectivity index (χ1v) is 11.8. The number of nitrogens with one attached hydrogen (secondary N) is 2. The number of allylic oxidation sites excluding steroid dienone is 1. The number of benzene rings is 3. The van der Waals surface area contributed by atoms with Gasteiger partial charge in [0, 0.05) is 16.8 Å². The summed E-state index contributed by atoms with van der Waals surface area (Å²) in [5.74, 6) is -0.302. The second kappa shape index (κ2) is 10.4. The van der Waals surface area contributed by atoms with Gasteiger partial charge in [-0.1, -0.05) is 30.4 Å². The number of rotatable bonds is 8. The molecule has 1 amide bonds. The van der Waals surface area contributed by atoms with Crippen LogP contribution in [0.2, 0.25) is 0 Å². The van der Waals surface area contributed by atoms with Gasteiger partial charge in [0.2, 0.25) is 0 Å². The average Bonchev–Trinajstić information content (AvgIpc) is 2.81. The Morgan fingerprint density at radius 1 is 1.03 bits per heavy atom. The fourth-order valence-electron chi connectivity index (χ4n) is 3.34. The number of sulfonamides is 1. The van der Waals surface area contributed by atoms with E-state index in [9.17, 15) is 17.6 Å². The van der Waals surface area contributed by atoms with Crippen LogP contribution in [0.5, 0.6) is 11.5 Å². The van der Waals surface area contributed by atoms with Crippen molar-refractivity contribution in [1.82, 2.24) is 0 Å². The van der Waals surface area contributed by atoms with E-state index in [4.69, 9.17) is 9.47 Å². The van der Waals surface area contributed by atoms with Crippen LogP contribution in [0.15, 0.2) is 65.6 Å². The zero-order valence-corrected chi connectivity index (χ0v) is 20.0. The van der Waals surface area contributed by atoms with E-state index in [1.54, 1.807) is 37.3 Å². The van der Waals surface area contributed by atoms with Crippen molar-refractivity contribution in [2.24, 2.45) is 0 Å². The third kappa shape index (κ3) is 5.37. The summed E-state index contributed by atoms with van der Waals surface area (Å²) in [5.41, 5.74) is 1.46. The predicted octanol–water partition coefficient (Wildman–Crippen LogP) is 5.24. The molecule has 0 aliphatic carbocycles. The first kappa shape index (κ1) is 24.8. The van der Waals surface area contributed by atoms with Crippen molar-refractivity contribution in [3.05, 3.63) is 83.2 Å². The molecule has 178 valence electrons. The number of methoxy groups -OCH3 is 2. The maximum Gasteiger partial charge on any atom is 0.262 e. The molecule has 3 rings (SSSR count). The summed E-state index contributed by atoms with van der Waals surface area (Å²) < 4.78 is 52.8. The molecule has 0 radical (unpaired) electrons. The number of hydrogen-bond donors (Lipinski definition) is 2. The van der Waals surface area contributed by atoms with Crippen LogP contribution in [0.1, 0.15) is 28.4 Å². The van der Waals surface area contributed by atoms with E-state index in [0.717, 1.165) is 6.07 Å². The topological polar surface area (TPSA) is 93.7 Å². The van der Waals surface area contributed by atoms with E-state index >= 15 is 0 Å². The van der Waals surface area contributed by atoms with Crippen LogP contribution < -0.4 is 19.5 Å². The molecular weight excluding hydrogens is 459 g/mol. The summed E-state index contributed by atoms with van der Waals surface area (Å²) in [6.45, 7) is 3.45. The Labute approximate surface area is 198 Å². The van der Waals surface area contributed by atoms with Gasteiger partial charge in [-0.05, 0) is 55.8 Å². The van der Waals surface area contributed by atoms with Gasteiger partial charge in [-0.25, -0.2) is 12.8 Å². The normalized spacial score (nSPS) is 11.3. The molecule has 0 saturated heterocycles. The molecule has 34 heavy (non-hydrogen) atoms. The lowest BCUT2D eigenvalue weighted by atomic mass is 10.1. The molecule has 0 atom stereocenters. The maximum atomic E-state index is 14.0. The van der Waals surface area contributed by atoms with Gasteiger partial charge in [-0.3, -0.25) is 9.52 Å². The summed E-state index contributed by atoms with van der Waals surface area (Å²) in [4.78, 5) is 12.9. The number of carbonyl (C=O) groups excluding carboxylic acids is 1. The van der Waals surface area contributed by atoms with E-state index < -0.39 is 21.7 Å². The van der Waals surface area contributed by atoms with Crippen LogP contribution in [-0.2, 0) is 10.0 Å². The second-order valence-electron chi connectivity index (χ2n) is 7.32. The molecular formula is C25H25FN2O5S. The van der Waals surface area contributed by atoms with Gasteiger partial charge in [0.05, 0.1) is 24.8 Å². The summed E-state index contributed by atoms with van der Waals surface area (Å²) in [6, 6.07) is 13.1. The van der Waals surface area contributed by atoms with Crippen LogP contribution >= 0.6 is 0 Å². The molecule has 0 unspecified atom stereocenters. The van der Waals surface area contributed by atoms with Gasteiger partial charge < -0.3 is 14.8 Å². The van der Waals surface area contributed by atoms with Gasteiger partial charge in [0.15, 0.2) is 11.5 Å². The van der Waals surface area contributed by atoms with Gasteiger partial charge in [-0.15, -0.1) is 0 Å². The van der Waals surface area contributed by atoms with E-state index in [0.29, 0.717) is 28.2 Å². The Bertz CT molecular complexity index is 1350. The van der Waals surface area contributed by atoms with E-state index in [1.165, 1.54) is 44.6 Å². The number of hydrogen-bond acceptors (Lipinski definition) is 5. The summed E-state index contributed by atoms with van der Waals surface area (Å²) in [7, 11) is -1.13. The monoisotopic (exact) mass is 484 g/mol. The molecule has 9 heteroatoms. The van der Waals surface area contributed by atoms with Crippen molar-refractivity contribution < 1.29 is 27.1 Å². The average molecular weight is 485 g/mol. The third-order valence-corrected chi connectivity index (χ3v) is 6.48. The van der Waals surface area contributed by atoms with Crippen LogP contribution in [0.25, 0.3) is 6.08 Å². The number of ether oxygens (including phenoxy) is 2. The third-order valence-electron chi connectivity index (χ3n) is 4.97. The van der Waals surface area contributed by atoms with Gasteiger partial charge >= 0.3 is 0 Å². The lowest BCUT2D eigenvalue weighted by Crippen LogP contribution is -2.17. The van der Waals surface area contributed by atoms with Crippen LogP contribution in [0, 0.1) is 12.7 Å².